The van der Waals surface area contributed by atoms with E-state index in [9.17, 15) is 15.3 Å². The third-order valence-electron chi connectivity index (χ3n) is 20.8. The number of phenolic OH excluding ortho intramolecular Hbond substituents is 3. The van der Waals surface area contributed by atoms with E-state index in [1.807, 2.05) is 118 Å². The molecule has 21 nitrogen and oxygen atoms in total. The number of hydrogen-bond acceptors (Lipinski definition) is 15. The van der Waals surface area contributed by atoms with E-state index in [0.29, 0.717) is 93.2 Å². The number of para-hydroxylation sites is 7. The second-order valence-electron chi connectivity index (χ2n) is 31.4. The van der Waals surface area contributed by atoms with Crippen LogP contribution in [-0.2, 0) is 63.2 Å². The van der Waals surface area contributed by atoms with Crippen LogP contribution < -0.4 is 0 Å². The molecule has 0 saturated carbocycles. The summed E-state index contributed by atoms with van der Waals surface area (Å²) >= 11 is 0. The van der Waals surface area contributed by atoms with Gasteiger partial charge in [-0.05, 0) is 161 Å². The minimum Gasteiger partial charge on any atom is -0.506 e. The molecule has 0 bridgehead atoms. The Morgan fingerprint density at radius 3 is 0.858 bits per heavy atom. The fourth-order valence-electron chi connectivity index (χ4n) is 14.7. The van der Waals surface area contributed by atoms with Crippen molar-refractivity contribution < 1.29 is 78.5 Å². The molecule has 16 rings (SSSR count). The molecule has 6 aromatic heterocycles. The van der Waals surface area contributed by atoms with E-state index < -0.39 is 0 Å². The SMILES string of the molecule is Cc1nc(-c2[c-]c(-c3nncn3-c3c(C(C)C)cc(-c4ccccc4)cc3C(C)C)ccc2)nn1-c1ccccc1O.Cc1nc(-c2[c-]c(-c3nncn3-c3c(C(C)C)cc(C(C)C)cc3C(C)C)ccc2)nn1-c1ccccc1O.Cc1nc(-c2[c-]c(-c3nncn3-c3c(C(C)C)cccc3C(C)C)ccc2)nn1-c1ccccc1O.[Pt].[Pt].[Pt]. The van der Waals surface area contributed by atoms with Gasteiger partial charge in [-0.15, -0.1) is 88.1 Å². The predicted molar refractivity (Wildman–Crippen MR) is 461 cm³/mol. The van der Waals surface area contributed by atoms with Crippen LogP contribution in [0.25, 0.3) is 114 Å². The van der Waals surface area contributed by atoms with Gasteiger partial charge < -0.3 is 29.0 Å². The van der Waals surface area contributed by atoms with Gasteiger partial charge in [0.1, 0.15) is 106 Å². The first kappa shape index (κ1) is 89.3. The molecule has 0 amide bonds. The third kappa shape index (κ3) is 18.7. The minimum absolute atomic E-state index is 0. The zero-order chi connectivity index (χ0) is 82.6. The molecule has 0 atom stereocenters. The van der Waals surface area contributed by atoms with Crippen molar-refractivity contribution in [2.24, 2.45) is 0 Å². The van der Waals surface area contributed by atoms with Crippen molar-refractivity contribution in [3.8, 4) is 131 Å². The quantitative estimate of drug-likeness (QED) is 0.0601. The molecule has 10 aromatic carbocycles. The maximum atomic E-state index is 10.4. The summed E-state index contributed by atoms with van der Waals surface area (Å²) in [5, 5.41) is 71.6. The molecule has 0 aliphatic rings. The van der Waals surface area contributed by atoms with Gasteiger partial charge in [-0.1, -0.05) is 227 Å². The van der Waals surface area contributed by atoms with Crippen molar-refractivity contribution >= 4 is 0 Å². The Morgan fingerprint density at radius 1 is 0.283 bits per heavy atom. The summed E-state index contributed by atoms with van der Waals surface area (Å²) < 4.78 is 11.2. The molecule has 0 saturated heterocycles. The van der Waals surface area contributed by atoms with E-state index in [1.165, 1.54) is 50.1 Å². The van der Waals surface area contributed by atoms with Crippen molar-refractivity contribution in [3.05, 3.63) is 294 Å². The first-order valence-electron chi connectivity index (χ1n) is 39.8. The number of phenols is 3. The smallest absolute Gasteiger partial charge is 0.141 e. The molecular formula is C96H97N18O3Pt3-3. The largest absolute Gasteiger partial charge is 0.506 e. The first-order valence-corrected chi connectivity index (χ1v) is 39.8. The maximum absolute atomic E-state index is 10.4. The van der Waals surface area contributed by atoms with Crippen molar-refractivity contribution in [3.63, 3.8) is 0 Å². The Labute approximate surface area is 745 Å². The molecule has 0 radical (unpaired) electrons. The van der Waals surface area contributed by atoms with E-state index in [-0.39, 0.29) is 92.3 Å². The van der Waals surface area contributed by atoms with E-state index in [0.717, 1.165) is 56.3 Å². The predicted octanol–water partition coefficient (Wildman–Crippen LogP) is 21.5. The molecule has 16 aromatic rings. The second kappa shape index (κ2) is 38.7. The number of hydrogen-bond donors (Lipinski definition) is 3. The summed E-state index contributed by atoms with van der Waals surface area (Å²) in [7, 11) is 0. The van der Waals surface area contributed by atoms with Crippen LogP contribution >= 0.6 is 0 Å². The van der Waals surface area contributed by atoms with Crippen LogP contribution in [0.2, 0.25) is 0 Å². The van der Waals surface area contributed by atoms with Gasteiger partial charge in [-0.3, -0.25) is 15.0 Å². The topological polar surface area (TPSA) is 245 Å². The fraction of sp³-hybridized carbons (Fsp3) is 0.250. The maximum Gasteiger partial charge on any atom is 0.141 e. The van der Waals surface area contributed by atoms with Crippen LogP contribution in [-0.4, -0.2) is 104 Å². The van der Waals surface area contributed by atoms with Crippen LogP contribution in [0.4, 0.5) is 0 Å². The van der Waals surface area contributed by atoms with Crippen LogP contribution in [0, 0.1) is 39.0 Å². The van der Waals surface area contributed by atoms with Crippen LogP contribution in [0.3, 0.4) is 0 Å². The monoisotopic (exact) mass is 2130 g/mol. The normalized spacial score (nSPS) is 11.3. The number of aryl methyl sites for hydroxylation is 3. The van der Waals surface area contributed by atoms with Crippen LogP contribution in [0.1, 0.15) is 195 Å². The first-order chi connectivity index (χ1) is 56.3. The number of aromatic hydroxyl groups is 3. The standard InChI is InChI=1S/C35H33N6O.C32H35N6O.C29H29N6O.3Pt/c1-22(2)29-19-28(25-12-7-6-8-13-25)20-30(23(3)4)33(29)40-21-36-38-35(40)27-15-11-14-26(18-27)34-37-24(5)41(39-34)31-16-9-10-17-32(31)42;1-19(2)25-16-26(20(3)4)30(27(17-25)21(5)6)37-18-33-35-32(37)24-12-10-11-23(15-24)31-34-22(7)38(36-31)28-13-8-9-14-29(28)39;1-18(2)23-12-9-13-24(19(3)4)27(23)34-17-30-32-29(34)22-11-8-10-21(16-22)28-31-20(5)35(33-28)25-14-6-7-15-26(25)36;;;/h6-17,19-23,42H,1-5H3;8-14,16-21,39H,1-7H3;6-15,17-19,36H,1-5H3;;;/q3*-1;;;. The molecule has 6 heterocycles. The molecule has 0 aliphatic heterocycles. The summed E-state index contributed by atoms with van der Waals surface area (Å²) in [5.41, 5.74) is 21.0. The Kier molecular flexibility index (Phi) is 28.8. The summed E-state index contributed by atoms with van der Waals surface area (Å²) in [5.74, 6) is 8.45. The summed E-state index contributed by atoms with van der Waals surface area (Å²) in [4.78, 5) is 14.0. The minimum atomic E-state index is 0. The molecule has 0 fully saturated rings. The van der Waals surface area contributed by atoms with Gasteiger partial charge in [0.15, 0.2) is 0 Å². The zero-order valence-corrected chi connectivity index (χ0v) is 77.0. The molecule has 0 spiro atoms. The Morgan fingerprint density at radius 2 is 0.558 bits per heavy atom. The molecule has 24 heteroatoms. The van der Waals surface area contributed by atoms with E-state index in [1.54, 1.807) is 69.4 Å². The number of aromatic nitrogens is 18. The van der Waals surface area contributed by atoms with Gasteiger partial charge in [0, 0.05) is 80.3 Å². The zero-order valence-electron chi connectivity index (χ0n) is 70.2. The van der Waals surface area contributed by atoms with Crippen molar-refractivity contribution in [1.82, 2.24) is 88.6 Å². The Hall–Kier alpha value is -11.5. The molecule has 120 heavy (non-hydrogen) atoms. The van der Waals surface area contributed by atoms with E-state index >= 15 is 0 Å². The summed E-state index contributed by atoms with van der Waals surface area (Å²) in [6, 6.07) is 75.6. The molecule has 622 valence electrons. The number of benzene rings is 10. The van der Waals surface area contributed by atoms with Gasteiger partial charge in [-0.2, -0.15) is 30.6 Å². The second-order valence-corrected chi connectivity index (χ2v) is 31.4. The summed E-state index contributed by atoms with van der Waals surface area (Å²) in [6.07, 6.45) is 5.37. The van der Waals surface area contributed by atoms with E-state index in [2.05, 4.69) is 251 Å². The van der Waals surface area contributed by atoms with Crippen molar-refractivity contribution in [2.45, 2.75) is 159 Å². The number of nitrogens with zero attached hydrogens (tertiary/aromatic N) is 18. The average molecular weight is 2140 g/mol. The molecule has 0 unspecified atom stereocenters. The van der Waals surface area contributed by atoms with Crippen LogP contribution in [0.5, 0.6) is 17.2 Å². The van der Waals surface area contributed by atoms with Crippen molar-refractivity contribution in [1.29, 1.82) is 0 Å². The van der Waals surface area contributed by atoms with Gasteiger partial charge in [0.25, 0.3) is 0 Å². The number of rotatable bonds is 20. The fourth-order valence-corrected chi connectivity index (χ4v) is 14.7. The van der Waals surface area contributed by atoms with Gasteiger partial charge in [0.05, 0.1) is 0 Å². The van der Waals surface area contributed by atoms with Crippen molar-refractivity contribution in [2.75, 3.05) is 0 Å². The van der Waals surface area contributed by atoms with Crippen LogP contribution in [0.15, 0.2) is 219 Å². The molecule has 0 aliphatic carbocycles. The third-order valence-corrected chi connectivity index (χ3v) is 20.8. The van der Waals surface area contributed by atoms with Gasteiger partial charge in [-0.25, -0.2) is 14.0 Å². The van der Waals surface area contributed by atoms with Gasteiger partial charge in [0.2, 0.25) is 0 Å². The summed E-state index contributed by atoms with van der Waals surface area (Å²) in [6.45, 7) is 36.7. The molecular weight excluding hydrogens is 2040 g/mol. The van der Waals surface area contributed by atoms with E-state index in [4.69, 9.17) is 5.10 Å². The molecule has 3 N–H and O–H groups in total. The average Bonchev–Trinajstić information content (AvgIpc) is 1.41. The van der Waals surface area contributed by atoms with Gasteiger partial charge >= 0.3 is 0 Å². The Balaban J connectivity index is 0.000000174. The Bertz CT molecular complexity index is 6140.